The topological polar surface area (TPSA) is 0 Å². The molecule has 0 aliphatic heterocycles. The van der Waals surface area contributed by atoms with Gasteiger partial charge in [0.15, 0.2) is 23.3 Å². The lowest BCUT2D eigenvalue weighted by molar-refractivity contribution is 0.448. The smallest absolute Gasteiger partial charge is 0.194 e. The lowest BCUT2D eigenvalue weighted by atomic mass is 9.99. The molecule has 0 aliphatic rings. The van der Waals surface area contributed by atoms with E-state index in [1.807, 2.05) is 0 Å². The standard InChI is InChI=1S/C21H13F5/c1-12(22)20(25)16-8-6-14(7-9-16)13-2-4-15(5-3-13)17-10-18(23)21(26)19(24)11-17/h2-11H,1H3/b20-12+. The van der Waals surface area contributed by atoms with Gasteiger partial charge in [-0.15, -0.1) is 0 Å². The first kappa shape index (κ1) is 17.9. The summed E-state index contributed by atoms with van der Waals surface area (Å²) in [5.74, 6) is -5.81. The molecule has 0 heterocycles. The summed E-state index contributed by atoms with van der Waals surface area (Å²) in [6.45, 7) is 1.04. The first-order valence-corrected chi connectivity index (χ1v) is 7.74. The van der Waals surface area contributed by atoms with E-state index in [4.69, 9.17) is 0 Å². The summed E-state index contributed by atoms with van der Waals surface area (Å²) < 4.78 is 66.2. The minimum atomic E-state index is -1.50. The fourth-order valence-corrected chi connectivity index (χ4v) is 2.59. The highest BCUT2D eigenvalue weighted by Gasteiger charge is 2.12. The van der Waals surface area contributed by atoms with Crippen LogP contribution in [0.25, 0.3) is 28.1 Å². The van der Waals surface area contributed by atoms with E-state index in [9.17, 15) is 22.0 Å². The molecule has 5 heteroatoms. The Labute approximate surface area is 147 Å². The molecule has 0 aromatic heterocycles. The number of benzene rings is 3. The van der Waals surface area contributed by atoms with Crippen molar-refractivity contribution in [3.63, 3.8) is 0 Å². The molecule has 3 rings (SSSR count). The zero-order valence-electron chi connectivity index (χ0n) is 13.7. The third-order valence-electron chi connectivity index (χ3n) is 3.98. The molecular weight excluding hydrogens is 347 g/mol. The lowest BCUT2D eigenvalue weighted by Crippen LogP contribution is -1.91. The van der Waals surface area contributed by atoms with Crippen molar-refractivity contribution in [2.75, 3.05) is 0 Å². The monoisotopic (exact) mass is 360 g/mol. The van der Waals surface area contributed by atoms with Crippen molar-refractivity contribution < 1.29 is 22.0 Å². The highest BCUT2D eigenvalue weighted by Crippen LogP contribution is 2.28. The molecule has 0 unspecified atom stereocenters. The summed E-state index contributed by atoms with van der Waals surface area (Å²) in [5, 5.41) is 0. The van der Waals surface area contributed by atoms with Crippen LogP contribution in [0.5, 0.6) is 0 Å². The molecule has 0 fully saturated rings. The van der Waals surface area contributed by atoms with Gasteiger partial charge in [0.2, 0.25) is 0 Å². The van der Waals surface area contributed by atoms with Crippen LogP contribution < -0.4 is 0 Å². The van der Waals surface area contributed by atoms with Gasteiger partial charge < -0.3 is 0 Å². The van der Waals surface area contributed by atoms with E-state index in [1.54, 1.807) is 36.4 Å². The first-order valence-electron chi connectivity index (χ1n) is 7.74. The quantitative estimate of drug-likeness (QED) is 0.346. The van der Waals surface area contributed by atoms with Crippen molar-refractivity contribution in [3.05, 3.63) is 89.5 Å². The Morgan fingerprint density at radius 3 is 1.42 bits per heavy atom. The van der Waals surface area contributed by atoms with Crippen molar-refractivity contribution in [2.24, 2.45) is 0 Å². The maximum atomic E-state index is 13.5. The predicted octanol–water partition coefficient (Wildman–Crippen LogP) is 7.07. The molecule has 3 aromatic rings. The normalized spacial score (nSPS) is 12.1. The van der Waals surface area contributed by atoms with Crippen LogP contribution >= 0.6 is 0 Å². The van der Waals surface area contributed by atoms with Gasteiger partial charge in [-0.1, -0.05) is 48.5 Å². The summed E-state index contributed by atoms with van der Waals surface area (Å²) in [6.07, 6.45) is 0. The second-order valence-corrected chi connectivity index (χ2v) is 5.76. The van der Waals surface area contributed by atoms with E-state index >= 15 is 0 Å². The molecule has 0 saturated heterocycles. The molecule has 0 atom stereocenters. The number of hydrogen-bond acceptors (Lipinski definition) is 0. The molecule has 132 valence electrons. The minimum absolute atomic E-state index is 0.141. The van der Waals surface area contributed by atoms with Crippen molar-refractivity contribution in [1.29, 1.82) is 0 Å². The van der Waals surface area contributed by atoms with Gasteiger partial charge in [-0.2, -0.15) is 0 Å². The molecule has 26 heavy (non-hydrogen) atoms. The fourth-order valence-electron chi connectivity index (χ4n) is 2.59. The van der Waals surface area contributed by atoms with Crippen molar-refractivity contribution in [3.8, 4) is 22.3 Å². The minimum Gasteiger partial charge on any atom is -0.209 e. The van der Waals surface area contributed by atoms with E-state index in [2.05, 4.69) is 0 Å². The van der Waals surface area contributed by atoms with E-state index in [-0.39, 0.29) is 11.1 Å². The molecule has 0 amide bonds. The van der Waals surface area contributed by atoms with Crippen molar-refractivity contribution in [1.82, 2.24) is 0 Å². The lowest BCUT2D eigenvalue weighted by Gasteiger charge is -2.07. The zero-order chi connectivity index (χ0) is 18.8. The molecular formula is C21H13F5. The van der Waals surface area contributed by atoms with Crippen molar-refractivity contribution in [2.45, 2.75) is 6.92 Å². The Balaban J connectivity index is 1.89. The molecule has 0 radical (unpaired) electrons. The zero-order valence-corrected chi connectivity index (χ0v) is 13.7. The predicted molar refractivity (Wildman–Crippen MR) is 92.0 cm³/mol. The van der Waals surface area contributed by atoms with Crippen LogP contribution in [-0.4, -0.2) is 0 Å². The average molecular weight is 360 g/mol. The van der Waals surface area contributed by atoms with Gasteiger partial charge in [-0.25, -0.2) is 22.0 Å². The van der Waals surface area contributed by atoms with E-state index in [0.29, 0.717) is 5.56 Å². The molecule has 0 saturated carbocycles. The number of allylic oxidation sites excluding steroid dienone is 1. The van der Waals surface area contributed by atoms with Gasteiger partial charge in [-0.3, -0.25) is 0 Å². The summed E-state index contributed by atoms with van der Waals surface area (Å²) in [7, 11) is 0. The van der Waals surface area contributed by atoms with Crippen molar-refractivity contribution >= 4 is 5.83 Å². The van der Waals surface area contributed by atoms with Crippen LogP contribution in [0.4, 0.5) is 22.0 Å². The summed E-state index contributed by atoms with van der Waals surface area (Å²) >= 11 is 0. The molecule has 0 spiro atoms. The summed E-state index contributed by atoms with van der Waals surface area (Å²) in [6, 6.07) is 14.8. The number of halogens is 5. The molecule has 0 N–H and O–H groups in total. The van der Waals surface area contributed by atoms with Crippen LogP contribution in [0, 0.1) is 17.5 Å². The Morgan fingerprint density at radius 2 is 1.00 bits per heavy atom. The van der Waals surface area contributed by atoms with Gasteiger partial charge in [0.1, 0.15) is 5.83 Å². The van der Waals surface area contributed by atoms with E-state index in [0.717, 1.165) is 30.2 Å². The highest BCUT2D eigenvalue weighted by atomic mass is 19.2. The van der Waals surface area contributed by atoms with Crippen LogP contribution in [0.2, 0.25) is 0 Å². The van der Waals surface area contributed by atoms with Gasteiger partial charge in [0, 0.05) is 5.56 Å². The van der Waals surface area contributed by atoms with E-state index < -0.39 is 29.1 Å². The van der Waals surface area contributed by atoms with Gasteiger partial charge in [0.25, 0.3) is 0 Å². The number of hydrogen-bond donors (Lipinski definition) is 0. The Kier molecular flexibility index (Phi) is 4.89. The molecule has 0 nitrogen and oxygen atoms in total. The second-order valence-electron chi connectivity index (χ2n) is 5.76. The number of rotatable bonds is 3. The maximum absolute atomic E-state index is 13.5. The summed E-state index contributed by atoms with van der Waals surface area (Å²) in [5.41, 5.74) is 2.42. The summed E-state index contributed by atoms with van der Waals surface area (Å²) in [4.78, 5) is 0. The largest absolute Gasteiger partial charge is 0.209 e. The SMILES string of the molecule is C/C(F)=C(\F)c1ccc(-c2ccc(-c3cc(F)c(F)c(F)c3)cc2)cc1. The second kappa shape index (κ2) is 7.12. The Hall–Kier alpha value is -2.95. The highest BCUT2D eigenvalue weighted by molar-refractivity contribution is 5.72. The first-order chi connectivity index (χ1) is 12.4. The van der Waals surface area contributed by atoms with Crippen LogP contribution in [-0.2, 0) is 0 Å². The van der Waals surface area contributed by atoms with E-state index in [1.165, 1.54) is 12.1 Å². The molecule has 3 aromatic carbocycles. The van der Waals surface area contributed by atoms with Crippen LogP contribution in [0.3, 0.4) is 0 Å². The third-order valence-corrected chi connectivity index (χ3v) is 3.98. The van der Waals surface area contributed by atoms with Gasteiger partial charge >= 0.3 is 0 Å². The van der Waals surface area contributed by atoms with Gasteiger partial charge in [-0.05, 0) is 41.3 Å². The maximum Gasteiger partial charge on any atom is 0.194 e. The average Bonchev–Trinajstić information content (AvgIpc) is 2.65. The van der Waals surface area contributed by atoms with Crippen LogP contribution in [0.15, 0.2) is 66.5 Å². The third kappa shape index (κ3) is 3.52. The van der Waals surface area contributed by atoms with Gasteiger partial charge in [0.05, 0.1) is 0 Å². The Bertz CT molecular complexity index is 943. The molecule has 0 bridgehead atoms. The molecule has 0 aliphatic carbocycles. The Morgan fingerprint density at radius 1 is 0.615 bits per heavy atom. The van der Waals surface area contributed by atoms with Crippen LogP contribution in [0.1, 0.15) is 12.5 Å². The fraction of sp³-hybridized carbons (Fsp3) is 0.0476.